The average Bonchev–Trinajstić information content (AvgIpc) is 2.75. The number of hydrogen-bond acceptors (Lipinski definition) is 3. The van der Waals surface area contributed by atoms with Crippen LogP contribution in [-0.4, -0.2) is 17.9 Å². The smallest absolute Gasteiger partial charge is 0.256 e. The van der Waals surface area contributed by atoms with E-state index in [2.05, 4.69) is 5.32 Å². The van der Waals surface area contributed by atoms with E-state index < -0.39 is 6.04 Å². The molecule has 1 heterocycles. The second-order valence-corrected chi connectivity index (χ2v) is 6.16. The van der Waals surface area contributed by atoms with E-state index in [-0.39, 0.29) is 18.2 Å². The van der Waals surface area contributed by atoms with Crippen LogP contribution in [0, 0.1) is 13.8 Å². The molecular formula is C18H17ClN2O2. The van der Waals surface area contributed by atoms with Crippen molar-refractivity contribution in [1.29, 1.82) is 0 Å². The maximum Gasteiger partial charge on any atom is 0.256 e. The Bertz CT molecular complexity index is 768. The van der Waals surface area contributed by atoms with Crippen LogP contribution in [-0.2, 0) is 9.59 Å². The van der Waals surface area contributed by atoms with Crippen molar-refractivity contribution in [3.8, 4) is 0 Å². The lowest BCUT2D eigenvalue weighted by Gasteiger charge is -2.20. The van der Waals surface area contributed by atoms with E-state index >= 15 is 0 Å². The van der Waals surface area contributed by atoms with Gasteiger partial charge in [-0.1, -0.05) is 35.9 Å². The number of nitrogens with zero attached hydrogens (tertiary/aromatic N) is 1. The first-order chi connectivity index (χ1) is 11.0. The molecule has 0 spiro atoms. The Morgan fingerprint density at radius 2 is 1.74 bits per heavy atom. The van der Waals surface area contributed by atoms with E-state index in [1.54, 1.807) is 18.2 Å². The minimum absolute atomic E-state index is 0.138. The molecule has 2 aromatic carbocycles. The monoisotopic (exact) mass is 328 g/mol. The summed E-state index contributed by atoms with van der Waals surface area (Å²) in [5.74, 6) is -0.417. The Morgan fingerprint density at radius 3 is 2.39 bits per heavy atom. The molecule has 0 radical (unpaired) electrons. The number of halogens is 1. The molecule has 1 aliphatic rings. The van der Waals surface area contributed by atoms with Gasteiger partial charge in [-0.15, -0.1) is 0 Å². The van der Waals surface area contributed by atoms with Gasteiger partial charge in [-0.25, -0.2) is 4.90 Å². The molecule has 23 heavy (non-hydrogen) atoms. The number of nitrogens with one attached hydrogen (secondary N) is 1. The van der Waals surface area contributed by atoms with Crippen molar-refractivity contribution < 1.29 is 9.59 Å². The molecule has 1 aliphatic heterocycles. The van der Waals surface area contributed by atoms with Crippen molar-refractivity contribution in [1.82, 2.24) is 0 Å². The fourth-order valence-electron chi connectivity index (χ4n) is 2.92. The number of carbonyl (C=O) groups excluding carboxylic acids is 2. The number of rotatable bonds is 3. The Balaban J connectivity index is 1.88. The highest BCUT2D eigenvalue weighted by molar-refractivity contribution is 6.31. The summed E-state index contributed by atoms with van der Waals surface area (Å²) >= 11 is 5.96. The van der Waals surface area contributed by atoms with Crippen LogP contribution in [0.25, 0.3) is 0 Å². The van der Waals surface area contributed by atoms with Gasteiger partial charge in [0.05, 0.1) is 12.1 Å². The molecule has 118 valence electrons. The average molecular weight is 329 g/mol. The molecule has 0 unspecified atom stereocenters. The van der Waals surface area contributed by atoms with Crippen molar-refractivity contribution in [2.45, 2.75) is 26.3 Å². The molecule has 5 heteroatoms. The third-order valence-corrected chi connectivity index (χ3v) is 4.21. The molecule has 1 N–H and O–H groups in total. The van der Waals surface area contributed by atoms with Crippen molar-refractivity contribution >= 4 is 34.8 Å². The lowest BCUT2D eigenvalue weighted by atomic mass is 10.1. The van der Waals surface area contributed by atoms with E-state index in [9.17, 15) is 9.59 Å². The van der Waals surface area contributed by atoms with Crippen LogP contribution in [0.2, 0.25) is 5.02 Å². The van der Waals surface area contributed by atoms with Gasteiger partial charge in [-0.3, -0.25) is 9.59 Å². The first kappa shape index (κ1) is 15.6. The van der Waals surface area contributed by atoms with E-state index in [1.807, 2.05) is 38.1 Å². The first-order valence-corrected chi connectivity index (χ1v) is 7.80. The van der Waals surface area contributed by atoms with Crippen molar-refractivity contribution in [2.75, 3.05) is 10.2 Å². The molecule has 2 amide bonds. The van der Waals surface area contributed by atoms with Crippen LogP contribution >= 0.6 is 11.6 Å². The molecule has 2 aromatic rings. The first-order valence-electron chi connectivity index (χ1n) is 7.42. The number of aryl methyl sites for hydroxylation is 2. The molecule has 3 rings (SSSR count). The van der Waals surface area contributed by atoms with Gasteiger partial charge in [0.1, 0.15) is 6.04 Å². The number of benzene rings is 2. The summed E-state index contributed by atoms with van der Waals surface area (Å²) in [5, 5.41) is 3.69. The van der Waals surface area contributed by atoms with Crippen LogP contribution in [0.3, 0.4) is 0 Å². The number of imide groups is 1. The quantitative estimate of drug-likeness (QED) is 0.874. The van der Waals surface area contributed by atoms with Crippen LogP contribution in [0.4, 0.5) is 11.4 Å². The highest BCUT2D eigenvalue weighted by atomic mass is 35.5. The fraction of sp³-hybridized carbons (Fsp3) is 0.222. The van der Waals surface area contributed by atoms with Gasteiger partial charge in [0, 0.05) is 10.7 Å². The van der Waals surface area contributed by atoms with Gasteiger partial charge in [-0.2, -0.15) is 0 Å². The number of anilines is 2. The summed E-state index contributed by atoms with van der Waals surface area (Å²) in [6.45, 7) is 3.81. The van der Waals surface area contributed by atoms with Crippen molar-refractivity contribution in [3.63, 3.8) is 0 Å². The molecule has 1 fully saturated rings. The Kier molecular flexibility index (Phi) is 4.09. The standard InChI is InChI=1S/C18H17ClN2O2/c1-11-5-3-6-12(2)17(11)21-16(22)10-15(18(21)23)20-14-8-4-7-13(19)9-14/h3-9,15,20H,10H2,1-2H3/t15-/m0/s1. The van der Waals surface area contributed by atoms with Crippen LogP contribution < -0.4 is 10.2 Å². The van der Waals surface area contributed by atoms with Gasteiger partial charge in [0.2, 0.25) is 5.91 Å². The maximum absolute atomic E-state index is 12.7. The Hall–Kier alpha value is -2.33. The molecule has 1 saturated heterocycles. The summed E-state index contributed by atoms with van der Waals surface area (Å²) in [6, 6.07) is 12.3. The lowest BCUT2D eigenvalue weighted by Crippen LogP contribution is -2.35. The minimum atomic E-state index is -0.569. The largest absolute Gasteiger partial charge is 0.373 e. The van der Waals surface area contributed by atoms with Crippen LogP contribution in [0.5, 0.6) is 0 Å². The summed E-state index contributed by atoms with van der Waals surface area (Å²) in [4.78, 5) is 26.4. The minimum Gasteiger partial charge on any atom is -0.373 e. The maximum atomic E-state index is 12.7. The SMILES string of the molecule is Cc1cccc(C)c1N1C(=O)C[C@H](Nc2cccc(Cl)c2)C1=O. The van der Waals surface area contributed by atoms with Gasteiger partial charge in [-0.05, 0) is 43.2 Å². The number of hydrogen-bond donors (Lipinski definition) is 1. The number of carbonyl (C=O) groups is 2. The van der Waals surface area contributed by atoms with Crippen molar-refractivity contribution in [3.05, 3.63) is 58.6 Å². The molecule has 4 nitrogen and oxygen atoms in total. The Morgan fingerprint density at radius 1 is 1.09 bits per heavy atom. The van der Waals surface area contributed by atoms with Gasteiger partial charge >= 0.3 is 0 Å². The predicted molar refractivity (Wildman–Crippen MR) is 91.9 cm³/mol. The highest BCUT2D eigenvalue weighted by Crippen LogP contribution is 2.30. The third kappa shape index (κ3) is 2.94. The van der Waals surface area contributed by atoms with Crippen LogP contribution in [0.15, 0.2) is 42.5 Å². The number of para-hydroxylation sites is 1. The second-order valence-electron chi connectivity index (χ2n) is 5.72. The van der Waals surface area contributed by atoms with Crippen molar-refractivity contribution in [2.24, 2.45) is 0 Å². The number of amides is 2. The van der Waals surface area contributed by atoms with Gasteiger partial charge in [0.25, 0.3) is 5.91 Å². The fourth-order valence-corrected chi connectivity index (χ4v) is 3.11. The Labute approximate surface area is 140 Å². The molecule has 0 aromatic heterocycles. The topological polar surface area (TPSA) is 49.4 Å². The molecule has 0 aliphatic carbocycles. The molecular weight excluding hydrogens is 312 g/mol. The zero-order valence-electron chi connectivity index (χ0n) is 13.0. The molecule has 0 bridgehead atoms. The summed E-state index contributed by atoms with van der Waals surface area (Å²) < 4.78 is 0. The highest BCUT2D eigenvalue weighted by Gasteiger charge is 2.40. The summed E-state index contributed by atoms with van der Waals surface area (Å²) in [6.07, 6.45) is 0.138. The lowest BCUT2D eigenvalue weighted by molar-refractivity contribution is -0.121. The zero-order chi connectivity index (χ0) is 16.6. The molecule has 1 atom stereocenters. The molecule has 0 saturated carbocycles. The van der Waals surface area contributed by atoms with E-state index in [0.29, 0.717) is 10.7 Å². The van der Waals surface area contributed by atoms with E-state index in [4.69, 9.17) is 11.6 Å². The second kappa shape index (κ2) is 6.05. The summed E-state index contributed by atoms with van der Waals surface area (Å²) in [7, 11) is 0. The van der Waals surface area contributed by atoms with Crippen LogP contribution in [0.1, 0.15) is 17.5 Å². The van der Waals surface area contributed by atoms with E-state index in [0.717, 1.165) is 16.8 Å². The normalized spacial score (nSPS) is 17.7. The van der Waals surface area contributed by atoms with E-state index in [1.165, 1.54) is 4.90 Å². The zero-order valence-corrected chi connectivity index (χ0v) is 13.7. The van der Waals surface area contributed by atoms with Gasteiger partial charge in [0.15, 0.2) is 0 Å². The summed E-state index contributed by atoms with van der Waals surface area (Å²) in [5.41, 5.74) is 3.25. The van der Waals surface area contributed by atoms with Gasteiger partial charge < -0.3 is 5.32 Å². The predicted octanol–water partition coefficient (Wildman–Crippen LogP) is 3.70. The third-order valence-electron chi connectivity index (χ3n) is 3.98.